The molecule has 3 aromatic heterocycles. The molecule has 0 saturated carbocycles. The Hall–Kier alpha value is -5.74. The van der Waals surface area contributed by atoms with Crippen molar-refractivity contribution in [1.82, 2.24) is 14.5 Å². The number of aromatic nitrogens is 3. The van der Waals surface area contributed by atoms with Gasteiger partial charge in [0.15, 0.2) is 11.4 Å². The summed E-state index contributed by atoms with van der Waals surface area (Å²) in [6, 6.07) is 38.2. The average Bonchev–Trinajstić information content (AvgIpc) is 3.61. The number of furan rings is 1. The summed E-state index contributed by atoms with van der Waals surface area (Å²) in [5.41, 5.74) is 10.2. The Morgan fingerprint density at radius 1 is 0.783 bits per heavy atom. The van der Waals surface area contributed by atoms with E-state index in [-0.39, 0.29) is 5.41 Å². The molecule has 1 aliphatic heterocycles. The quantitative estimate of drug-likeness (QED) is 0.205. The smallest absolute Gasteiger partial charge is 0.161 e. The van der Waals surface area contributed by atoms with Crippen molar-refractivity contribution in [3.8, 4) is 28.3 Å². The zero-order valence-corrected chi connectivity index (χ0v) is 26.0. The fourth-order valence-corrected chi connectivity index (χ4v) is 7.37. The summed E-state index contributed by atoms with van der Waals surface area (Å²) >= 11 is 0. The van der Waals surface area contributed by atoms with Gasteiger partial charge in [-0.1, -0.05) is 99.3 Å². The van der Waals surface area contributed by atoms with Gasteiger partial charge in [0.25, 0.3) is 0 Å². The predicted molar refractivity (Wildman–Crippen MR) is 191 cm³/mol. The van der Waals surface area contributed by atoms with Crippen molar-refractivity contribution in [2.75, 3.05) is 0 Å². The zero-order chi connectivity index (χ0) is 31.2. The molecule has 0 saturated heterocycles. The molecule has 0 spiro atoms. The van der Waals surface area contributed by atoms with E-state index in [2.05, 4.69) is 129 Å². The van der Waals surface area contributed by atoms with Crippen LogP contribution in [0.3, 0.4) is 0 Å². The number of hydrogen-bond acceptors (Lipinski definition) is 3. The summed E-state index contributed by atoms with van der Waals surface area (Å²) in [5.74, 6) is 0.718. The summed E-state index contributed by atoms with van der Waals surface area (Å²) < 4.78 is 8.89. The second-order valence-corrected chi connectivity index (χ2v) is 12.7. The number of rotatable bonds is 3. The van der Waals surface area contributed by atoms with Crippen LogP contribution in [0, 0.1) is 0 Å². The van der Waals surface area contributed by atoms with Gasteiger partial charge in [-0.2, -0.15) is 0 Å². The summed E-state index contributed by atoms with van der Waals surface area (Å²) in [6.07, 6.45) is 3.93. The molecule has 0 atom stereocenters. The first kappa shape index (κ1) is 26.6. The van der Waals surface area contributed by atoms with E-state index >= 15 is 0 Å². The van der Waals surface area contributed by atoms with Crippen LogP contribution >= 0.6 is 0 Å². The molecule has 8 aromatic rings. The van der Waals surface area contributed by atoms with Gasteiger partial charge in [0.05, 0.1) is 22.2 Å². The van der Waals surface area contributed by atoms with Crippen LogP contribution in [0.15, 0.2) is 126 Å². The van der Waals surface area contributed by atoms with Gasteiger partial charge in [0.2, 0.25) is 0 Å². The van der Waals surface area contributed by atoms with Gasteiger partial charge in [-0.25, -0.2) is 9.97 Å². The number of hydrogen-bond donors (Lipinski definition) is 0. The standard InChI is InChI=1S/C42H31N3O/c1-5-13-32-38-25(2)42(3,4)33-24-27(22-23-35(33)45(38)39-31-18-9-11-21-36(31)46-40(32)39)41-43-34-20-10-8-17-30(34)37(44-41)29-19-12-15-26-14-6-7-16-28(26)29/h5-24H,1H2,2-4H3/b32-13+. The number of nitrogens with zero attached hydrogens (tertiary/aromatic N) is 3. The van der Waals surface area contributed by atoms with Crippen LogP contribution in [0.4, 0.5) is 0 Å². The normalized spacial score (nSPS) is 14.3. The largest absolute Gasteiger partial charge is 0.454 e. The Bertz CT molecular complexity index is 2700. The molecule has 4 heteroatoms. The lowest BCUT2D eigenvalue weighted by molar-refractivity contribution is 0.655. The lowest BCUT2D eigenvalue weighted by Crippen LogP contribution is -2.41. The van der Waals surface area contributed by atoms with Crippen LogP contribution in [0.25, 0.3) is 83.7 Å². The van der Waals surface area contributed by atoms with Gasteiger partial charge >= 0.3 is 0 Å². The highest BCUT2D eigenvalue weighted by Crippen LogP contribution is 2.42. The van der Waals surface area contributed by atoms with E-state index in [1.165, 1.54) is 27.3 Å². The maximum atomic E-state index is 6.51. The molecule has 0 N–H and O–H groups in total. The second kappa shape index (κ2) is 9.63. The van der Waals surface area contributed by atoms with E-state index < -0.39 is 0 Å². The average molecular weight is 594 g/mol. The molecular weight excluding hydrogens is 562 g/mol. The first-order valence-corrected chi connectivity index (χ1v) is 15.7. The van der Waals surface area contributed by atoms with Crippen LogP contribution in [0.2, 0.25) is 0 Å². The fourth-order valence-electron chi connectivity index (χ4n) is 7.37. The number of benzene rings is 5. The molecule has 4 heterocycles. The Morgan fingerprint density at radius 3 is 2.37 bits per heavy atom. The molecule has 4 nitrogen and oxygen atoms in total. The molecule has 46 heavy (non-hydrogen) atoms. The highest BCUT2D eigenvalue weighted by atomic mass is 16.3. The van der Waals surface area contributed by atoms with Crippen LogP contribution < -0.4 is 10.6 Å². The van der Waals surface area contributed by atoms with Gasteiger partial charge in [-0.15, -0.1) is 0 Å². The third kappa shape index (κ3) is 3.61. The van der Waals surface area contributed by atoms with Gasteiger partial charge in [-0.05, 0) is 71.3 Å². The topological polar surface area (TPSA) is 43.9 Å². The first-order valence-electron chi connectivity index (χ1n) is 15.7. The summed E-state index contributed by atoms with van der Waals surface area (Å²) in [6.45, 7) is 10.9. The van der Waals surface area contributed by atoms with Crippen LogP contribution in [-0.4, -0.2) is 14.5 Å². The molecule has 0 unspecified atom stereocenters. The van der Waals surface area contributed by atoms with Crippen molar-refractivity contribution in [1.29, 1.82) is 0 Å². The molecule has 5 aromatic carbocycles. The van der Waals surface area contributed by atoms with Crippen LogP contribution in [-0.2, 0) is 5.41 Å². The molecule has 0 aliphatic carbocycles. The van der Waals surface area contributed by atoms with E-state index in [1.54, 1.807) is 0 Å². The summed E-state index contributed by atoms with van der Waals surface area (Å²) in [4.78, 5) is 10.4. The monoisotopic (exact) mass is 593 g/mol. The molecule has 0 amide bonds. The van der Waals surface area contributed by atoms with Gasteiger partial charge < -0.3 is 8.98 Å². The van der Waals surface area contributed by atoms with Crippen molar-refractivity contribution in [3.63, 3.8) is 0 Å². The Kier molecular flexibility index (Phi) is 5.58. The van der Waals surface area contributed by atoms with Crippen molar-refractivity contribution in [3.05, 3.63) is 138 Å². The van der Waals surface area contributed by atoms with Gasteiger partial charge in [0, 0.05) is 32.5 Å². The number of allylic oxidation sites excluding steroid dienone is 1. The summed E-state index contributed by atoms with van der Waals surface area (Å²) in [7, 11) is 0. The minimum absolute atomic E-state index is 0.258. The zero-order valence-electron chi connectivity index (χ0n) is 26.0. The number of para-hydroxylation sites is 2. The maximum Gasteiger partial charge on any atom is 0.161 e. The van der Waals surface area contributed by atoms with E-state index in [9.17, 15) is 0 Å². The lowest BCUT2D eigenvalue weighted by atomic mass is 9.75. The molecule has 220 valence electrons. The molecule has 9 rings (SSSR count). The highest BCUT2D eigenvalue weighted by molar-refractivity contribution is 6.06. The fraction of sp³-hybridized carbons (Fsp3) is 0.0952. The third-order valence-corrected chi connectivity index (χ3v) is 9.91. The highest BCUT2D eigenvalue weighted by Gasteiger charge is 2.34. The number of fused-ring (bicyclic) bond motifs is 9. The van der Waals surface area contributed by atoms with Crippen molar-refractivity contribution in [2.45, 2.75) is 26.2 Å². The van der Waals surface area contributed by atoms with Crippen LogP contribution in [0.1, 0.15) is 26.3 Å². The molecule has 0 radical (unpaired) electrons. The van der Waals surface area contributed by atoms with E-state index in [0.29, 0.717) is 0 Å². The van der Waals surface area contributed by atoms with Crippen molar-refractivity contribution in [2.24, 2.45) is 0 Å². The van der Waals surface area contributed by atoms with Gasteiger partial charge in [0.1, 0.15) is 11.1 Å². The third-order valence-electron chi connectivity index (χ3n) is 9.91. The van der Waals surface area contributed by atoms with E-state index in [4.69, 9.17) is 14.4 Å². The van der Waals surface area contributed by atoms with Gasteiger partial charge in [-0.3, -0.25) is 0 Å². The second-order valence-electron chi connectivity index (χ2n) is 12.7. The molecular formula is C42H31N3O. The van der Waals surface area contributed by atoms with E-state index in [1.807, 2.05) is 24.3 Å². The van der Waals surface area contributed by atoms with Crippen LogP contribution in [0.5, 0.6) is 0 Å². The first-order chi connectivity index (χ1) is 22.5. The van der Waals surface area contributed by atoms with Crippen molar-refractivity contribution >= 4 is 55.4 Å². The van der Waals surface area contributed by atoms with Crippen molar-refractivity contribution < 1.29 is 4.42 Å². The SMILES string of the molecule is C=C/C=c1\c2n(c3c1oc1ccccc13)-c1ccc(-c3nc(-c4cccc5ccccc45)c4ccccc4n3)cc1C(C)(C)C=2C. The Morgan fingerprint density at radius 2 is 1.52 bits per heavy atom. The Balaban J connectivity index is 1.33. The molecule has 1 aliphatic rings. The van der Waals surface area contributed by atoms with E-state index in [0.717, 1.165) is 66.5 Å². The summed E-state index contributed by atoms with van der Waals surface area (Å²) in [5, 5.41) is 6.76. The Labute approximate surface area is 266 Å². The molecule has 0 fully saturated rings. The minimum Gasteiger partial charge on any atom is -0.454 e. The maximum absolute atomic E-state index is 6.51. The predicted octanol–water partition coefficient (Wildman–Crippen LogP) is 9.24. The minimum atomic E-state index is -0.258. The molecule has 0 bridgehead atoms. The lowest BCUT2D eigenvalue weighted by Gasteiger charge is -2.34.